The molecule has 9 nitrogen and oxygen atoms in total. The van der Waals surface area contributed by atoms with Crippen molar-refractivity contribution in [1.29, 1.82) is 0 Å². The molecule has 0 bridgehead atoms. The van der Waals surface area contributed by atoms with Crippen LogP contribution in [0.5, 0.6) is 0 Å². The summed E-state index contributed by atoms with van der Waals surface area (Å²) in [5.41, 5.74) is -0.697. The van der Waals surface area contributed by atoms with E-state index in [-0.39, 0.29) is 19.3 Å². The molecular formula is C15H26N2O7. The van der Waals surface area contributed by atoms with Crippen LogP contribution < -0.4 is 5.32 Å². The number of methoxy groups -OCH3 is 1. The van der Waals surface area contributed by atoms with Crippen LogP contribution in [-0.4, -0.2) is 72.7 Å². The second-order valence-corrected chi connectivity index (χ2v) is 6.53. The summed E-state index contributed by atoms with van der Waals surface area (Å²) in [4.78, 5) is 35.9. The van der Waals surface area contributed by atoms with Gasteiger partial charge in [0.2, 0.25) is 0 Å². The summed E-state index contributed by atoms with van der Waals surface area (Å²) in [5.74, 6) is -0.664. The monoisotopic (exact) mass is 346 g/mol. The number of hydrogen-bond acceptors (Lipinski definition) is 6. The summed E-state index contributed by atoms with van der Waals surface area (Å²) in [6.45, 7) is 5.61. The molecule has 0 aromatic rings. The normalized spacial score (nSPS) is 18.8. The van der Waals surface area contributed by atoms with E-state index in [2.05, 4.69) is 10.1 Å². The number of carbonyl (C=O) groups excluding carboxylic acids is 2. The highest BCUT2D eigenvalue weighted by atomic mass is 16.6. The minimum Gasteiger partial charge on any atom is -0.467 e. The van der Waals surface area contributed by atoms with Crippen LogP contribution in [0, 0.1) is 0 Å². The van der Waals surface area contributed by atoms with Crippen molar-refractivity contribution < 1.29 is 33.7 Å². The third-order valence-electron chi connectivity index (χ3n) is 3.39. The second kappa shape index (κ2) is 8.72. The molecule has 0 radical (unpaired) electrons. The van der Waals surface area contributed by atoms with E-state index in [4.69, 9.17) is 14.6 Å². The minimum atomic E-state index is -1.02. The van der Waals surface area contributed by atoms with Gasteiger partial charge in [-0.25, -0.2) is 14.4 Å². The van der Waals surface area contributed by atoms with Crippen LogP contribution in [0.3, 0.4) is 0 Å². The first-order valence-electron chi connectivity index (χ1n) is 7.78. The Morgan fingerprint density at radius 2 is 2.00 bits per heavy atom. The zero-order valence-electron chi connectivity index (χ0n) is 14.5. The van der Waals surface area contributed by atoms with Gasteiger partial charge in [-0.05, 0) is 33.6 Å². The van der Waals surface area contributed by atoms with Crippen LogP contribution in [0.4, 0.5) is 9.59 Å². The lowest BCUT2D eigenvalue weighted by molar-refractivity contribution is -0.145. The largest absolute Gasteiger partial charge is 0.467 e. The van der Waals surface area contributed by atoms with Crippen molar-refractivity contribution in [2.45, 2.75) is 51.3 Å². The SMILES string of the molecule is COC(=O)[C@@H](COCC1CCCN1C(=O)O)NC(=O)OC(C)(C)C. The zero-order chi connectivity index (χ0) is 18.3. The third-order valence-corrected chi connectivity index (χ3v) is 3.39. The van der Waals surface area contributed by atoms with Gasteiger partial charge in [0.25, 0.3) is 0 Å². The summed E-state index contributed by atoms with van der Waals surface area (Å²) >= 11 is 0. The molecule has 9 heteroatoms. The predicted octanol–water partition coefficient (Wildman–Crippen LogP) is 1.21. The van der Waals surface area contributed by atoms with Gasteiger partial charge in [-0.3, -0.25) is 0 Å². The molecule has 2 amide bonds. The Bertz CT molecular complexity index is 461. The van der Waals surface area contributed by atoms with Gasteiger partial charge < -0.3 is 29.5 Å². The predicted molar refractivity (Wildman–Crippen MR) is 83.7 cm³/mol. The van der Waals surface area contributed by atoms with E-state index in [1.54, 1.807) is 20.8 Å². The smallest absolute Gasteiger partial charge is 0.408 e. The highest BCUT2D eigenvalue weighted by Gasteiger charge is 2.30. The molecule has 24 heavy (non-hydrogen) atoms. The zero-order valence-corrected chi connectivity index (χ0v) is 14.5. The van der Waals surface area contributed by atoms with Crippen LogP contribution in [0.15, 0.2) is 0 Å². The standard InChI is InChI=1S/C15H26N2O7/c1-15(2,3)24-13(19)16-11(12(18)22-4)9-23-8-10-6-5-7-17(10)14(20)21/h10-11H,5-9H2,1-4H3,(H,16,19)(H,20,21)/t10?,11-/m1/s1. The van der Waals surface area contributed by atoms with E-state index in [0.717, 1.165) is 6.42 Å². The molecule has 1 saturated heterocycles. The first-order chi connectivity index (χ1) is 11.1. The number of nitrogens with one attached hydrogen (secondary N) is 1. The van der Waals surface area contributed by atoms with Crippen LogP contribution in [0.2, 0.25) is 0 Å². The van der Waals surface area contributed by atoms with Crippen LogP contribution in [-0.2, 0) is 19.0 Å². The Morgan fingerprint density at radius 3 is 2.54 bits per heavy atom. The number of hydrogen-bond donors (Lipinski definition) is 2. The van der Waals surface area contributed by atoms with Crippen LogP contribution in [0.25, 0.3) is 0 Å². The summed E-state index contributed by atoms with van der Waals surface area (Å²) in [6, 6.07) is -1.27. The van der Waals surface area contributed by atoms with E-state index in [0.29, 0.717) is 13.0 Å². The molecule has 2 atom stereocenters. The third kappa shape index (κ3) is 6.61. The quantitative estimate of drug-likeness (QED) is 0.695. The van der Waals surface area contributed by atoms with Gasteiger partial charge in [0.05, 0.1) is 26.4 Å². The van der Waals surface area contributed by atoms with Crippen molar-refractivity contribution in [3.05, 3.63) is 0 Å². The molecule has 1 heterocycles. The van der Waals surface area contributed by atoms with Gasteiger partial charge in [-0.1, -0.05) is 0 Å². The van der Waals surface area contributed by atoms with Gasteiger partial charge >= 0.3 is 18.2 Å². The second-order valence-electron chi connectivity index (χ2n) is 6.53. The minimum absolute atomic E-state index is 0.129. The molecule has 1 rings (SSSR count). The van der Waals surface area contributed by atoms with E-state index in [9.17, 15) is 14.4 Å². The summed E-state index contributed by atoms with van der Waals surface area (Å²) in [6.07, 6.45) is -0.266. The molecule has 0 spiro atoms. The van der Waals surface area contributed by atoms with Crippen molar-refractivity contribution >= 4 is 18.2 Å². The molecule has 0 saturated carbocycles. The highest BCUT2D eigenvalue weighted by molar-refractivity contribution is 5.81. The molecule has 0 aromatic carbocycles. The van der Waals surface area contributed by atoms with Gasteiger partial charge in [0.15, 0.2) is 6.04 Å². The Balaban J connectivity index is 2.50. The van der Waals surface area contributed by atoms with Crippen LogP contribution >= 0.6 is 0 Å². The van der Waals surface area contributed by atoms with Gasteiger partial charge in [0.1, 0.15) is 5.60 Å². The number of carboxylic acid groups (broad SMARTS) is 1. The number of likely N-dealkylation sites (tertiary alicyclic amines) is 1. The van der Waals surface area contributed by atoms with Crippen molar-refractivity contribution in [3.63, 3.8) is 0 Å². The van der Waals surface area contributed by atoms with E-state index < -0.39 is 29.8 Å². The molecule has 1 fully saturated rings. The molecule has 138 valence electrons. The summed E-state index contributed by atoms with van der Waals surface area (Å²) in [5, 5.41) is 11.5. The van der Waals surface area contributed by atoms with E-state index >= 15 is 0 Å². The molecule has 0 aromatic heterocycles. The number of carbonyl (C=O) groups is 3. The molecule has 1 unspecified atom stereocenters. The fraction of sp³-hybridized carbons (Fsp3) is 0.800. The van der Waals surface area contributed by atoms with Gasteiger partial charge in [-0.15, -0.1) is 0 Å². The maximum absolute atomic E-state index is 11.8. The fourth-order valence-electron chi connectivity index (χ4n) is 2.34. The van der Waals surface area contributed by atoms with E-state index in [1.807, 2.05) is 0 Å². The summed E-state index contributed by atoms with van der Waals surface area (Å²) in [7, 11) is 1.20. The van der Waals surface area contributed by atoms with Gasteiger partial charge in [0, 0.05) is 6.54 Å². The number of nitrogens with zero attached hydrogens (tertiary/aromatic N) is 1. The first-order valence-corrected chi connectivity index (χ1v) is 7.78. The Hall–Kier alpha value is -2.03. The highest BCUT2D eigenvalue weighted by Crippen LogP contribution is 2.17. The molecule has 1 aliphatic heterocycles. The Kier molecular flexibility index (Phi) is 7.27. The number of amides is 2. The summed E-state index contributed by atoms with van der Waals surface area (Å²) < 4.78 is 15.2. The lowest BCUT2D eigenvalue weighted by atomic mass is 10.2. The number of rotatable bonds is 6. The average molecular weight is 346 g/mol. The maximum Gasteiger partial charge on any atom is 0.408 e. The van der Waals surface area contributed by atoms with Crippen molar-refractivity contribution in [2.75, 3.05) is 26.9 Å². The Labute approximate surface area is 141 Å². The van der Waals surface area contributed by atoms with E-state index in [1.165, 1.54) is 12.0 Å². The number of ether oxygens (including phenoxy) is 3. The first kappa shape index (κ1) is 20.0. The number of alkyl carbamates (subject to hydrolysis) is 1. The fourth-order valence-corrected chi connectivity index (χ4v) is 2.34. The van der Waals surface area contributed by atoms with Crippen LogP contribution in [0.1, 0.15) is 33.6 Å². The molecule has 1 aliphatic rings. The maximum atomic E-state index is 11.8. The topological polar surface area (TPSA) is 114 Å². The molecule has 2 N–H and O–H groups in total. The Morgan fingerprint density at radius 1 is 1.33 bits per heavy atom. The van der Waals surface area contributed by atoms with Gasteiger partial charge in [-0.2, -0.15) is 0 Å². The van der Waals surface area contributed by atoms with Crippen molar-refractivity contribution in [1.82, 2.24) is 10.2 Å². The molecule has 0 aliphatic carbocycles. The average Bonchev–Trinajstić information content (AvgIpc) is 2.92. The van der Waals surface area contributed by atoms with Crippen molar-refractivity contribution in [3.8, 4) is 0 Å². The molecular weight excluding hydrogens is 320 g/mol. The van der Waals surface area contributed by atoms with Crippen molar-refractivity contribution in [2.24, 2.45) is 0 Å². The number of esters is 1. The lowest BCUT2D eigenvalue weighted by Gasteiger charge is -2.24. The lowest BCUT2D eigenvalue weighted by Crippen LogP contribution is -2.47.